The van der Waals surface area contributed by atoms with Crippen LogP contribution in [0.15, 0.2) is 76.1 Å². The van der Waals surface area contributed by atoms with Gasteiger partial charge in [-0.3, -0.25) is 13.9 Å². The normalized spacial score (nSPS) is 12.1. The van der Waals surface area contributed by atoms with Crippen LogP contribution in [0, 0.1) is 20.8 Å². The number of sulfonamides is 1. The maximum atomic E-state index is 13.9. The van der Waals surface area contributed by atoms with Gasteiger partial charge in [0.25, 0.3) is 10.0 Å². The SMILES string of the molecule is CNC(=O)C(C)N(Cc1ccc(Br)cc1)C(=O)CN(c1cc(C)ccc1C)S(=O)(=O)c1ccc(C)cc1. The van der Waals surface area contributed by atoms with Crippen LogP contribution in [0.1, 0.15) is 29.2 Å². The minimum absolute atomic E-state index is 0.0885. The Hall–Kier alpha value is -3.17. The van der Waals surface area contributed by atoms with Gasteiger partial charge in [-0.2, -0.15) is 0 Å². The van der Waals surface area contributed by atoms with Crippen LogP contribution in [0.3, 0.4) is 0 Å². The molecule has 0 spiro atoms. The number of hydrogen-bond acceptors (Lipinski definition) is 4. The number of carbonyl (C=O) groups excluding carboxylic acids is 2. The summed E-state index contributed by atoms with van der Waals surface area (Å²) in [6.07, 6.45) is 0. The minimum Gasteiger partial charge on any atom is -0.357 e. The number of nitrogens with zero attached hydrogens (tertiary/aromatic N) is 2. The molecule has 0 aromatic heterocycles. The third kappa shape index (κ3) is 6.78. The van der Waals surface area contributed by atoms with Gasteiger partial charge >= 0.3 is 0 Å². The molecule has 37 heavy (non-hydrogen) atoms. The first-order valence-electron chi connectivity index (χ1n) is 11.9. The van der Waals surface area contributed by atoms with Crippen molar-refractivity contribution >= 4 is 43.5 Å². The van der Waals surface area contributed by atoms with Crippen LogP contribution in [0.5, 0.6) is 0 Å². The van der Waals surface area contributed by atoms with Gasteiger partial charge in [-0.05, 0) is 74.7 Å². The summed E-state index contributed by atoms with van der Waals surface area (Å²) in [5.41, 5.74) is 3.74. The van der Waals surface area contributed by atoms with Crippen LogP contribution in [0.4, 0.5) is 5.69 Å². The number of amides is 2. The van der Waals surface area contributed by atoms with Crippen molar-refractivity contribution in [3.05, 3.63) is 93.5 Å². The Labute approximate surface area is 227 Å². The molecule has 0 aliphatic heterocycles. The van der Waals surface area contributed by atoms with Crippen molar-refractivity contribution in [2.45, 2.75) is 45.2 Å². The van der Waals surface area contributed by atoms with E-state index in [1.165, 1.54) is 11.9 Å². The summed E-state index contributed by atoms with van der Waals surface area (Å²) in [6, 6.07) is 18.6. The average Bonchev–Trinajstić information content (AvgIpc) is 2.87. The fourth-order valence-electron chi connectivity index (χ4n) is 3.92. The zero-order valence-corrected chi connectivity index (χ0v) is 24.1. The highest BCUT2D eigenvalue weighted by Gasteiger charge is 2.33. The second kappa shape index (κ2) is 11.9. The lowest BCUT2D eigenvalue weighted by atomic mass is 10.1. The monoisotopic (exact) mass is 585 g/mol. The van der Waals surface area contributed by atoms with Crippen LogP contribution >= 0.6 is 15.9 Å². The Bertz CT molecular complexity index is 1370. The molecule has 196 valence electrons. The molecule has 3 rings (SSSR count). The van der Waals surface area contributed by atoms with Crippen molar-refractivity contribution in [1.29, 1.82) is 0 Å². The van der Waals surface area contributed by atoms with Crippen molar-refractivity contribution in [2.75, 3.05) is 17.9 Å². The molecule has 0 aliphatic carbocycles. The molecule has 2 amide bonds. The molecule has 0 fully saturated rings. The van der Waals surface area contributed by atoms with Gasteiger partial charge in [0.1, 0.15) is 12.6 Å². The topological polar surface area (TPSA) is 86.8 Å². The predicted octanol–water partition coefficient (Wildman–Crippen LogP) is 4.73. The van der Waals surface area contributed by atoms with Gasteiger partial charge in [-0.15, -0.1) is 0 Å². The summed E-state index contributed by atoms with van der Waals surface area (Å²) in [4.78, 5) is 27.9. The third-order valence-corrected chi connectivity index (χ3v) is 8.50. The Balaban J connectivity index is 2.07. The molecule has 3 aromatic carbocycles. The molecule has 9 heteroatoms. The van der Waals surface area contributed by atoms with E-state index in [9.17, 15) is 18.0 Å². The van der Waals surface area contributed by atoms with Gasteiger partial charge in [0, 0.05) is 18.1 Å². The van der Waals surface area contributed by atoms with Crippen LogP contribution in [-0.2, 0) is 26.2 Å². The molecular formula is C28H32BrN3O4S. The van der Waals surface area contributed by atoms with E-state index >= 15 is 0 Å². The number of halogens is 1. The summed E-state index contributed by atoms with van der Waals surface area (Å²) in [5.74, 6) is -0.833. The molecule has 1 unspecified atom stereocenters. The second-order valence-corrected chi connectivity index (χ2v) is 11.8. The molecule has 0 saturated carbocycles. The van der Waals surface area contributed by atoms with Gasteiger partial charge in [0.05, 0.1) is 10.6 Å². The largest absolute Gasteiger partial charge is 0.357 e. The highest BCUT2D eigenvalue weighted by Crippen LogP contribution is 2.28. The van der Waals surface area contributed by atoms with Crippen molar-refractivity contribution in [2.24, 2.45) is 0 Å². The molecule has 0 heterocycles. The number of anilines is 1. The fraction of sp³-hybridized carbons (Fsp3) is 0.286. The average molecular weight is 587 g/mol. The van der Waals surface area contributed by atoms with E-state index in [0.29, 0.717) is 11.3 Å². The quantitative estimate of drug-likeness (QED) is 0.393. The van der Waals surface area contributed by atoms with E-state index in [1.54, 1.807) is 37.3 Å². The van der Waals surface area contributed by atoms with E-state index in [2.05, 4.69) is 21.2 Å². The molecule has 3 aromatic rings. The Morgan fingerprint density at radius 3 is 2.11 bits per heavy atom. The number of aryl methyl sites for hydroxylation is 3. The van der Waals surface area contributed by atoms with E-state index in [0.717, 1.165) is 25.5 Å². The maximum Gasteiger partial charge on any atom is 0.264 e. The summed E-state index contributed by atoms with van der Waals surface area (Å²) in [6.45, 7) is 6.87. The number of nitrogens with one attached hydrogen (secondary N) is 1. The second-order valence-electron chi connectivity index (χ2n) is 9.05. The Kier molecular flexibility index (Phi) is 9.15. The van der Waals surface area contributed by atoms with Crippen molar-refractivity contribution in [3.8, 4) is 0 Å². The van der Waals surface area contributed by atoms with E-state index in [-0.39, 0.29) is 17.3 Å². The number of likely N-dealkylation sites (N-methyl/N-ethyl adjacent to an activating group) is 1. The Morgan fingerprint density at radius 2 is 1.51 bits per heavy atom. The molecule has 0 bridgehead atoms. The van der Waals surface area contributed by atoms with E-state index in [4.69, 9.17) is 0 Å². The van der Waals surface area contributed by atoms with Gasteiger partial charge in [0.2, 0.25) is 11.8 Å². The van der Waals surface area contributed by atoms with E-state index < -0.39 is 28.5 Å². The lowest BCUT2D eigenvalue weighted by molar-refractivity contribution is -0.139. The third-order valence-electron chi connectivity index (χ3n) is 6.20. The smallest absolute Gasteiger partial charge is 0.264 e. The molecular weight excluding hydrogens is 554 g/mol. The standard InChI is InChI=1S/C28H32BrN3O4S/c1-19-7-14-25(15-8-19)37(35,36)32(26-16-20(2)6-9-21(26)3)18-27(33)31(22(4)28(34)30-5)17-23-10-12-24(29)13-11-23/h6-16,22H,17-18H2,1-5H3,(H,30,34). The summed E-state index contributed by atoms with van der Waals surface area (Å²) >= 11 is 3.41. The van der Waals surface area contributed by atoms with E-state index in [1.807, 2.05) is 57.2 Å². The summed E-state index contributed by atoms with van der Waals surface area (Å²) in [5, 5.41) is 2.59. The zero-order chi connectivity index (χ0) is 27.3. The number of hydrogen-bond donors (Lipinski definition) is 1. The molecule has 7 nitrogen and oxygen atoms in total. The van der Waals surface area contributed by atoms with Crippen LogP contribution in [0.25, 0.3) is 0 Å². The molecule has 1 N–H and O–H groups in total. The van der Waals surface area contributed by atoms with Gasteiger partial charge in [0.15, 0.2) is 0 Å². The van der Waals surface area contributed by atoms with Crippen LogP contribution in [-0.4, -0.2) is 44.8 Å². The lowest BCUT2D eigenvalue weighted by Crippen LogP contribution is -2.50. The van der Waals surface area contributed by atoms with Crippen LogP contribution in [0.2, 0.25) is 0 Å². The predicted molar refractivity (Wildman–Crippen MR) is 150 cm³/mol. The van der Waals surface area contributed by atoms with Crippen molar-refractivity contribution in [1.82, 2.24) is 10.2 Å². The van der Waals surface area contributed by atoms with Gasteiger partial charge in [-0.25, -0.2) is 8.42 Å². The number of benzene rings is 3. The lowest BCUT2D eigenvalue weighted by Gasteiger charge is -2.32. The fourth-order valence-corrected chi connectivity index (χ4v) is 5.65. The molecule has 0 radical (unpaired) electrons. The first-order valence-corrected chi connectivity index (χ1v) is 14.1. The highest BCUT2D eigenvalue weighted by atomic mass is 79.9. The first-order chi connectivity index (χ1) is 17.4. The van der Waals surface area contributed by atoms with Crippen molar-refractivity contribution < 1.29 is 18.0 Å². The maximum absolute atomic E-state index is 13.9. The number of rotatable bonds is 9. The van der Waals surface area contributed by atoms with Crippen LogP contribution < -0.4 is 9.62 Å². The first kappa shape index (κ1) is 28.4. The zero-order valence-electron chi connectivity index (χ0n) is 21.7. The summed E-state index contributed by atoms with van der Waals surface area (Å²) < 4.78 is 29.8. The van der Waals surface area contributed by atoms with Gasteiger partial charge in [-0.1, -0.05) is 57.9 Å². The van der Waals surface area contributed by atoms with Gasteiger partial charge < -0.3 is 10.2 Å². The highest BCUT2D eigenvalue weighted by molar-refractivity contribution is 9.10. The van der Waals surface area contributed by atoms with Crippen molar-refractivity contribution in [3.63, 3.8) is 0 Å². The Morgan fingerprint density at radius 1 is 0.919 bits per heavy atom. The summed E-state index contributed by atoms with van der Waals surface area (Å²) in [7, 11) is -2.58. The number of carbonyl (C=O) groups is 2. The molecule has 0 saturated heterocycles. The molecule has 1 atom stereocenters. The molecule has 0 aliphatic rings. The minimum atomic E-state index is -4.09.